The van der Waals surface area contributed by atoms with Crippen LogP contribution in [0, 0.1) is 0 Å². The Bertz CT molecular complexity index is 483. The van der Waals surface area contributed by atoms with Crippen molar-refractivity contribution in [1.82, 2.24) is 0 Å². The molecule has 0 fully saturated rings. The highest BCUT2D eigenvalue weighted by molar-refractivity contribution is 7.99. The number of para-hydroxylation sites is 1. The van der Waals surface area contributed by atoms with Gasteiger partial charge in [-0.1, -0.05) is 36.0 Å². The number of rotatable bonds is 4. The molecule has 0 saturated heterocycles. The fourth-order valence-electron chi connectivity index (χ4n) is 1.55. The summed E-state index contributed by atoms with van der Waals surface area (Å²) in [5, 5.41) is 0. The molecule has 0 bridgehead atoms. The molecule has 0 spiro atoms. The molecule has 0 N–H and O–H groups in total. The number of hydrogen-bond acceptors (Lipinski definition) is 3. The summed E-state index contributed by atoms with van der Waals surface area (Å²) in [7, 11) is 3.31. The van der Waals surface area contributed by atoms with Crippen LogP contribution >= 0.6 is 11.8 Å². The molecule has 2 rings (SSSR count). The van der Waals surface area contributed by atoms with Gasteiger partial charge in [-0.3, -0.25) is 0 Å². The van der Waals surface area contributed by atoms with Gasteiger partial charge in [0.25, 0.3) is 0 Å². The van der Waals surface area contributed by atoms with E-state index in [0.717, 1.165) is 16.4 Å². The molecule has 0 aliphatic rings. The highest BCUT2D eigenvalue weighted by Crippen LogP contribution is 2.40. The van der Waals surface area contributed by atoms with Gasteiger partial charge in [0.1, 0.15) is 0 Å². The normalized spacial score (nSPS) is 10.0. The van der Waals surface area contributed by atoms with E-state index in [1.54, 1.807) is 26.0 Å². The number of methoxy groups -OCH3 is 2. The first-order valence-corrected chi connectivity index (χ1v) is 6.10. The van der Waals surface area contributed by atoms with Crippen LogP contribution in [-0.2, 0) is 0 Å². The smallest absolute Gasteiger partial charge is 0.174 e. The minimum absolute atomic E-state index is 0.758. The predicted octanol–water partition coefficient (Wildman–Crippen LogP) is 3.86. The maximum absolute atomic E-state index is 5.39. The third kappa shape index (κ3) is 2.74. The summed E-state index contributed by atoms with van der Waals surface area (Å²) in [5.74, 6) is 1.54. The van der Waals surface area contributed by atoms with Crippen LogP contribution in [0.4, 0.5) is 0 Å². The van der Waals surface area contributed by atoms with Gasteiger partial charge in [0.05, 0.1) is 19.1 Å². The standard InChI is InChI=1S/C14H14O2S/c1-15-12-9-6-10-13(14(12)16-2)17-11-7-4-3-5-8-11/h3-10H,1-2H3. The Morgan fingerprint density at radius 2 is 1.59 bits per heavy atom. The van der Waals surface area contributed by atoms with Crippen molar-refractivity contribution in [3.8, 4) is 11.5 Å². The molecule has 0 saturated carbocycles. The lowest BCUT2D eigenvalue weighted by atomic mass is 10.3. The summed E-state index contributed by atoms with van der Waals surface area (Å²) < 4.78 is 10.7. The largest absolute Gasteiger partial charge is 0.493 e. The first kappa shape index (κ1) is 11.9. The lowest BCUT2D eigenvalue weighted by Crippen LogP contribution is -1.91. The minimum atomic E-state index is 0.758. The van der Waals surface area contributed by atoms with Crippen molar-refractivity contribution in [1.29, 1.82) is 0 Å². The van der Waals surface area contributed by atoms with Crippen LogP contribution in [0.3, 0.4) is 0 Å². The molecule has 0 radical (unpaired) electrons. The minimum Gasteiger partial charge on any atom is -0.493 e. The summed E-state index contributed by atoms with van der Waals surface area (Å²) in [6, 6.07) is 16.1. The van der Waals surface area contributed by atoms with Gasteiger partial charge in [-0.15, -0.1) is 0 Å². The Kier molecular flexibility index (Phi) is 3.94. The van der Waals surface area contributed by atoms with Crippen LogP contribution in [0.1, 0.15) is 0 Å². The van der Waals surface area contributed by atoms with E-state index in [1.165, 1.54) is 4.90 Å². The van der Waals surface area contributed by atoms with Crippen molar-refractivity contribution in [2.24, 2.45) is 0 Å². The zero-order valence-corrected chi connectivity index (χ0v) is 10.7. The third-order valence-corrected chi connectivity index (χ3v) is 3.39. The van der Waals surface area contributed by atoms with Crippen molar-refractivity contribution in [2.75, 3.05) is 14.2 Å². The van der Waals surface area contributed by atoms with E-state index in [0.29, 0.717) is 0 Å². The molecule has 0 aliphatic heterocycles. The van der Waals surface area contributed by atoms with Gasteiger partial charge < -0.3 is 9.47 Å². The molecule has 0 amide bonds. The second-order valence-electron chi connectivity index (χ2n) is 3.41. The van der Waals surface area contributed by atoms with E-state index in [4.69, 9.17) is 9.47 Å². The van der Waals surface area contributed by atoms with Crippen LogP contribution in [-0.4, -0.2) is 14.2 Å². The van der Waals surface area contributed by atoms with Crippen molar-refractivity contribution in [3.63, 3.8) is 0 Å². The van der Waals surface area contributed by atoms with E-state index < -0.39 is 0 Å². The highest BCUT2D eigenvalue weighted by Gasteiger charge is 2.10. The van der Waals surface area contributed by atoms with Gasteiger partial charge in [0, 0.05) is 4.90 Å². The molecule has 0 heterocycles. The highest BCUT2D eigenvalue weighted by atomic mass is 32.2. The molecule has 0 atom stereocenters. The molecule has 0 aromatic heterocycles. The van der Waals surface area contributed by atoms with E-state index in [2.05, 4.69) is 12.1 Å². The number of hydrogen-bond donors (Lipinski definition) is 0. The van der Waals surface area contributed by atoms with Crippen molar-refractivity contribution in [2.45, 2.75) is 9.79 Å². The third-order valence-electron chi connectivity index (χ3n) is 2.34. The quantitative estimate of drug-likeness (QED) is 0.816. The van der Waals surface area contributed by atoms with Gasteiger partial charge >= 0.3 is 0 Å². The van der Waals surface area contributed by atoms with Gasteiger partial charge in [-0.2, -0.15) is 0 Å². The Labute approximate surface area is 106 Å². The van der Waals surface area contributed by atoms with Crippen molar-refractivity contribution >= 4 is 11.8 Å². The van der Waals surface area contributed by atoms with Gasteiger partial charge in [-0.25, -0.2) is 0 Å². The van der Waals surface area contributed by atoms with Crippen molar-refractivity contribution in [3.05, 3.63) is 48.5 Å². The molecular weight excluding hydrogens is 232 g/mol. The zero-order valence-electron chi connectivity index (χ0n) is 9.84. The predicted molar refractivity (Wildman–Crippen MR) is 70.1 cm³/mol. The molecule has 0 unspecified atom stereocenters. The van der Waals surface area contributed by atoms with Crippen LogP contribution in [0.2, 0.25) is 0 Å². The first-order chi connectivity index (χ1) is 8.35. The Morgan fingerprint density at radius 1 is 0.824 bits per heavy atom. The first-order valence-electron chi connectivity index (χ1n) is 5.29. The molecular formula is C14H14O2S. The Hall–Kier alpha value is -1.61. The van der Waals surface area contributed by atoms with Crippen LogP contribution in [0.25, 0.3) is 0 Å². The van der Waals surface area contributed by atoms with E-state index in [-0.39, 0.29) is 0 Å². The van der Waals surface area contributed by atoms with Crippen LogP contribution in [0.5, 0.6) is 11.5 Å². The lowest BCUT2D eigenvalue weighted by Gasteiger charge is -2.11. The topological polar surface area (TPSA) is 18.5 Å². The number of ether oxygens (including phenoxy) is 2. The fourth-order valence-corrected chi connectivity index (χ4v) is 2.52. The molecule has 3 heteroatoms. The monoisotopic (exact) mass is 246 g/mol. The SMILES string of the molecule is COc1cccc(Sc2ccccc2)c1OC. The number of benzene rings is 2. The summed E-state index contributed by atoms with van der Waals surface area (Å²) in [4.78, 5) is 2.23. The van der Waals surface area contributed by atoms with Crippen molar-refractivity contribution < 1.29 is 9.47 Å². The van der Waals surface area contributed by atoms with Crippen LogP contribution in [0.15, 0.2) is 58.3 Å². The maximum atomic E-state index is 5.39. The molecule has 2 nitrogen and oxygen atoms in total. The van der Waals surface area contributed by atoms with Gasteiger partial charge in [0.15, 0.2) is 11.5 Å². The summed E-state index contributed by atoms with van der Waals surface area (Å²) in [6.45, 7) is 0. The molecule has 2 aromatic rings. The Morgan fingerprint density at radius 3 is 2.24 bits per heavy atom. The van der Waals surface area contributed by atoms with Gasteiger partial charge in [-0.05, 0) is 24.3 Å². The second kappa shape index (κ2) is 5.64. The van der Waals surface area contributed by atoms with Gasteiger partial charge in [0.2, 0.25) is 0 Å². The average Bonchev–Trinajstić information content (AvgIpc) is 2.39. The fraction of sp³-hybridized carbons (Fsp3) is 0.143. The molecule has 17 heavy (non-hydrogen) atoms. The summed E-state index contributed by atoms with van der Waals surface area (Å²) >= 11 is 1.66. The second-order valence-corrected chi connectivity index (χ2v) is 4.52. The summed E-state index contributed by atoms with van der Waals surface area (Å²) in [6.07, 6.45) is 0. The van der Waals surface area contributed by atoms with Crippen LogP contribution < -0.4 is 9.47 Å². The van der Waals surface area contributed by atoms with E-state index >= 15 is 0 Å². The molecule has 0 aliphatic carbocycles. The zero-order chi connectivity index (χ0) is 12.1. The lowest BCUT2D eigenvalue weighted by molar-refractivity contribution is 0.348. The van der Waals surface area contributed by atoms with E-state index in [1.807, 2.05) is 36.4 Å². The van der Waals surface area contributed by atoms with E-state index in [9.17, 15) is 0 Å². The maximum Gasteiger partial charge on any atom is 0.174 e. The average molecular weight is 246 g/mol. The molecule has 2 aromatic carbocycles. The summed E-state index contributed by atoms with van der Waals surface area (Å²) in [5.41, 5.74) is 0. The Balaban J connectivity index is 2.33. The molecule has 88 valence electrons.